The molecule has 0 saturated heterocycles. The average molecular weight is 191 g/mol. The SMILES string of the molecule is CC(C)(C)OC(F)(F)C(F)Cl. The summed E-state index contributed by atoms with van der Waals surface area (Å²) in [7, 11) is 0. The van der Waals surface area contributed by atoms with Crippen LogP contribution in [0.5, 0.6) is 0 Å². The second-order valence-corrected chi connectivity index (χ2v) is 3.46. The maximum atomic E-state index is 12.3. The Bertz CT molecular complexity index is 130. The lowest BCUT2D eigenvalue weighted by Crippen LogP contribution is -2.37. The van der Waals surface area contributed by atoms with Crippen molar-refractivity contribution in [2.45, 2.75) is 38.1 Å². The van der Waals surface area contributed by atoms with Gasteiger partial charge in [-0.15, -0.1) is 0 Å². The summed E-state index contributed by atoms with van der Waals surface area (Å²) < 4.78 is 40.6. The summed E-state index contributed by atoms with van der Waals surface area (Å²) in [5, 5.41) is 0. The number of ether oxygens (including phenoxy) is 1. The Kier molecular flexibility index (Phi) is 3.20. The van der Waals surface area contributed by atoms with Crippen molar-refractivity contribution in [2.75, 3.05) is 0 Å². The zero-order valence-electron chi connectivity index (χ0n) is 6.50. The third-order valence-corrected chi connectivity index (χ3v) is 0.950. The van der Waals surface area contributed by atoms with Gasteiger partial charge in [-0.3, -0.25) is 0 Å². The maximum Gasteiger partial charge on any atom is 0.401 e. The van der Waals surface area contributed by atoms with Crippen molar-refractivity contribution in [1.29, 1.82) is 0 Å². The Balaban J connectivity index is 4.13. The molecule has 0 aliphatic carbocycles. The van der Waals surface area contributed by atoms with Gasteiger partial charge in [0.15, 0.2) is 0 Å². The summed E-state index contributed by atoms with van der Waals surface area (Å²) >= 11 is 4.53. The number of rotatable bonds is 2. The van der Waals surface area contributed by atoms with Crippen LogP contribution in [0.1, 0.15) is 20.8 Å². The van der Waals surface area contributed by atoms with E-state index < -0.39 is 17.3 Å². The normalized spacial score (nSPS) is 16.6. The van der Waals surface area contributed by atoms with Crippen LogP contribution in [0.2, 0.25) is 0 Å². The molecule has 0 aliphatic rings. The minimum atomic E-state index is -3.92. The Labute approximate surface area is 68.5 Å². The average Bonchev–Trinajstić information content (AvgIpc) is 1.56. The molecule has 0 radical (unpaired) electrons. The number of hydrogen-bond acceptors (Lipinski definition) is 1. The second-order valence-electron chi connectivity index (χ2n) is 3.08. The molecule has 0 aromatic carbocycles. The maximum absolute atomic E-state index is 12.3. The van der Waals surface area contributed by atoms with E-state index in [9.17, 15) is 13.2 Å². The van der Waals surface area contributed by atoms with Crippen LogP contribution in [0.4, 0.5) is 13.2 Å². The fourth-order valence-corrected chi connectivity index (χ4v) is 0.497. The highest BCUT2D eigenvalue weighted by molar-refractivity contribution is 6.20. The van der Waals surface area contributed by atoms with Crippen molar-refractivity contribution in [3.8, 4) is 0 Å². The Hall–Kier alpha value is 0.0400. The highest BCUT2D eigenvalue weighted by Gasteiger charge is 2.43. The predicted octanol–water partition coefficient (Wildman–Crippen LogP) is 2.93. The van der Waals surface area contributed by atoms with Crippen molar-refractivity contribution in [3.05, 3.63) is 0 Å². The van der Waals surface area contributed by atoms with E-state index in [1.54, 1.807) is 0 Å². The largest absolute Gasteiger partial charge is 0.401 e. The van der Waals surface area contributed by atoms with E-state index in [1.165, 1.54) is 20.8 Å². The van der Waals surface area contributed by atoms with Crippen LogP contribution < -0.4 is 0 Å². The van der Waals surface area contributed by atoms with Crippen LogP contribution in [0.3, 0.4) is 0 Å². The quantitative estimate of drug-likeness (QED) is 0.609. The van der Waals surface area contributed by atoms with E-state index in [4.69, 9.17) is 0 Å². The van der Waals surface area contributed by atoms with Gasteiger partial charge in [0.25, 0.3) is 5.63 Å². The van der Waals surface area contributed by atoms with Crippen molar-refractivity contribution < 1.29 is 17.9 Å². The molecule has 0 fully saturated rings. The highest BCUT2D eigenvalue weighted by Crippen LogP contribution is 2.30. The van der Waals surface area contributed by atoms with Gasteiger partial charge in [0.05, 0.1) is 5.60 Å². The fourth-order valence-electron chi connectivity index (χ4n) is 0.453. The van der Waals surface area contributed by atoms with Crippen molar-refractivity contribution in [1.82, 2.24) is 0 Å². The fraction of sp³-hybridized carbons (Fsp3) is 1.00. The monoisotopic (exact) mass is 190 g/mol. The third-order valence-electron chi connectivity index (χ3n) is 0.696. The molecule has 68 valence electrons. The van der Waals surface area contributed by atoms with Gasteiger partial charge in [0.2, 0.25) is 0 Å². The first-order chi connectivity index (χ1) is 4.65. The lowest BCUT2D eigenvalue weighted by Gasteiger charge is -2.26. The van der Waals surface area contributed by atoms with E-state index >= 15 is 0 Å². The first-order valence-corrected chi connectivity index (χ1v) is 3.45. The Morgan fingerprint density at radius 1 is 1.27 bits per heavy atom. The summed E-state index contributed by atoms with van der Waals surface area (Å²) in [4.78, 5) is 0. The molecule has 0 aliphatic heterocycles. The van der Waals surface area contributed by atoms with Gasteiger partial charge < -0.3 is 4.74 Å². The third kappa shape index (κ3) is 4.48. The molecule has 1 unspecified atom stereocenters. The lowest BCUT2D eigenvalue weighted by molar-refractivity contribution is -0.297. The summed E-state index contributed by atoms with van der Waals surface area (Å²) in [5.41, 5.74) is -3.91. The summed E-state index contributed by atoms with van der Waals surface area (Å²) in [6, 6.07) is 0. The Morgan fingerprint density at radius 3 is 1.73 bits per heavy atom. The van der Waals surface area contributed by atoms with E-state index in [2.05, 4.69) is 16.3 Å². The van der Waals surface area contributed by atoms with Gasteiger partial charge in [-0.1, -0.05) is 11.6 Å². The smallest absolute Gasteiger partial charge is 0.311 e. The molecule has 5 heteroatoms. The van der Waals surface area contributed by atoms with Gasteiger partial charge in [-0.2, -0.15) is 8.78 Å². The molecular weight excluding hydrogens is 181 g/mol. The van der Waals surface area contributed by atoms with E-state index in [-0.39, 0.29) is 0 Å². The number of halogens is 4. The minimum absolute atomic E-state index is 1.11. The van der Waals surface area contributed by atoms with Crippen molar-refractivity contribution in [2.24, 2.45) is 0 Å². The second kappa shape index (κ2) is 3.19. The van der Waals surface area contributed by atoms with Crippen LogP contribution in [0, 0.1) is 0 Å². The van der Waals surface area contributed by atoms with Crippen LogP contribution >= 0.6 is 11.6 Å². The zero-order valence-corrected chi connectivity index (χ0v) is 7.25. The molecule has 0 amide bonds. The van der Waals surface area contributed by atoms with Gasteiger partial charge in [-0.25, -0.2) is 4.39 Å². The van der Waals surface area contributed by atoms with Crippen LogP contribution in [-0.4, -0.2) is 17.3 Å². The Morgan fingerprint density at radius 2 is 1.64 bits per heavy atom. The molecular formula is C6H10ClF3O. The molecule has 1 atom stereocenters. The van der Waals surface area contributed by atoms with Crippen LogP contribution in [0.15, 0.2) is 0 Å². The topological polar surface area (TPSA) is 9.23 Å². The molecule has 0 bridgehead atoms. The van der Waals surface area contributed by atoms with Gasteiger partial charge >= 0.3 is 6.11 Å². The zero-order chi connectivity index (χ0) is 9.28. The van der Waals surface area contributed by atoms with Gasteiger partial charge in [0, 0.05) is 0 Å². The van der Waals surface area contributed by atoms with Crippen LogP contribution in [-0.2, 0) is 4.74 Å². The molecule has 0 rings (SSSR count). The summed E-state index contributed by atoms with van der Waals surface area (Å²) in [5.74, 6) is 0. The van der Waals surface area contributed by atoms with Crippen molar-refractivity contribution in [3.63, 3.8) is 0 Å². The standard InChI is InChI=1S/C6H10ClF3O/c1-5(2,3)11-6(9,10)4(7)8/h4H,1-3H3. The predicted molar refractivity (Wildman–Crippen MR) is 36.5 cm³/mol. The molecule has 11 heavy (non-hydrogen) atoms. The van der Waals surface area contributed by atoms with Gasteiger partial charge in [0.1, 0.15) is 0 Å². The van der Waals surface area contributed by atoms with Gasteiger partial charge in [-0.05, 0) is 20.8 Å². The molecule has 0 aromatic rings. The molecule has 1 nitrogen and oxygen atoms in total. The molecule has 0 saturated carbocycles. The van der Waals surface area contributed by atoms with E-state index in [1.807, 2.05) is 0 Å². The minimum Gasteiger partial charge on any atom is -0.311 e. The van der Waals surface area contributed by atoms with Crippen molar-refractivity contribution >= 4 is 11.6 Å². The summed E-state index contributed by atoms with van der Waals surface area (Å²) in [6.45, 7) is 4.17. The molecule has 0 aromatic heterocycles. The molecule has 0 heterocycles. The summed E-state index contributed by atoms with van der Waals surface area (Å²) in [6.07, 6.45) is -3.92. The highest BCUT2D eigenvalue weighted by atomic mass is 35.5. The van der Waals surface area contributed by atoms with E-state index in [0.717, 1.165) is 0 Å². The molecule has 0 N–H and O–H groups in total. The first kappa shape index (κ1) is 11.0. The van der Waals surface area contributed by atoms with E-state index in [0.29, 0.717) is 0 Å². The van der Waals surface area contributed by atoms with Crippen LogP contribution in [0.25, 0.3) is 0 Å². The first-order valence-electron chi connectivity index (χ1n) is 3.01. The number of alkyl halides is 4. The number of hydrogen-bond donors (Lipinski definition) is 0. The molecule has 0 spiro atoms. The lowest BCUT2D eigenvalue weighted by atomic mass is 10.2.